The number of rotatable bonds is 8. The van der Waals surface area contributed by atoms with E-state index in [1.54, 1.807) is 6.20 Å². The molecule has 0 aliphatic heterocycles. The maximum Gasteiger partial charge on any atom is 0.218 e. The third-order valence-electron chi connectivity index (χ3n) is 4.03. The van der Waals surface area contributed by atoms with Gasteiger partial charge in [0.2, 0.25) is 5.88 Å². The largest absolute Gasteiger partial charge is 0.477 e. The molecule has 2 N–H and O–H groups in total. The first-order chi connectivity index (χ1) is 11.3. The van der Waals surface area contributed by atoms with Crippen molar-refractivity contribution in [3.05, 3.63) is 23.9 Å². The van der Waals surface area contributed by atoms with E-state index in [9.17, 15) is 0 Å². The zero-order chi connectivity index (χ0) is 16.3. The van der Waals surface area contributed by atoms with Crippen LogP contribution in [0.1, 0.15) is 57.9 Å². The molecule has 1 saturated carbocycles. The van der Waals surface area contributed by atoms with Crippen molar-refractivity contribution in [1.29, 1.82) is 0 Å². The summed E-state index contributed by atoms with van der Waals surface area (Å²) in [6, 6.07) is 4.54. The maximum absolute atomic E-state index is 5.78. The SMILES string of the molecule is CCCCOc1ncccc1CN=C(NCC)NC1CCCC1.I. The van der Waals surface area contributed by atoms with Crippen LogP contribution in [0, 0.1) is 0 Å². The topological polar surface area (TPSA) is 58.5 Å². The van der Waals surface area contributed by atoms with Gasteiger partial charge in [0.15, 0.2) is 5.96 Å². The van der Waals surface area contributed by atoms with E-state index < -0.39 is 0 Å². The number of aromatic nitrogens is 1. The highest BCUT2D eigenvalue weighted by molar-refractivity contribution is 14.0. The lowest BCUT2D eigenvalue weighted by Gasteiger charge is -2.17. The molecule has 6 heteroatoms. The fourth-order valence-electron chi connectivity index (χ4n) is 2.74. The van der Waals surface area contributed by atoms with E-state index in [-0.39, 0.29) is 24.0 Å². The normalized spacial score (nSPS) is 15.0. The number of unbranched alkanes of at least 4 members (excludes halogenated alkanes) is 1. The molecule has 1 aromatic rings. The fourth-order valence-corrected chi connectivity index (χ4v) is 2.74. The van der Waals surface area contributed by atoms with E-state index in [1.165, 1.54) is 25.7 Å². The Hall–Kier alpha value is -1.05. The van der Waals surface area contributed by atoms with Crippen LogP contribution in [0.4, 0.5) is 0 Å². The van der Waals surface area contributed by atoms with Gasteiger partial charge in [-0.3, -0.25) is 0 Å². The molecular formula is C18H31IN4O. The zero-order valence-electron chi connectivity index (χ0n) is 14.9. The highest BCUT2D eigenvalue weighted by atomic mass is 127. The minimum absolute atomic E-state index is 0. The van der Waals surface area contributed by atoms with Crippen molar-refractivity contribution >= 4 is 29.9 Å². The average Bonchev–Trinajstić information content (AvgIpc) is 3.07. The zero-order valence-corrected chi connectivity index (χ0v) is 17.2. The molecule has 1 fully saturated rings. The highest BCUT2D eigenvalue weighted by Gasteiger charge is 2.16. The summed E-state index contributed by atoms with van der Waals surface area (Å²) in [6.45, 7) is 6.41. The second-order valence-electron chi connectivity index (χ2n) is 5.99. The summed E-state index contributed by atoms with van der Waals surface area (Å²) in [5, 5.41) is 6.87. The molecule has 0 spiro atoms. The van der Waals surface area contributed by atoms with Gasteiger partial charge in [0.25, 0.3) is 0 Å². The summed E-state index contributed by atoms with van der Waals surface area (Å²) in [5.41, 5.74) is 1.03. The summed E-state index contributed by atoms with van der Waals surface area (Å²) >= 11 is 0. The summed E-state index contributed by atoms with van der Waals surface area (Å²) in [6.07, 6.45) is 9.05. The second-order valence-corrected chi connectivity index (χ2v) is 5.99. The Morgan fingerprint density at radius 1 is 1.33 bits per heavy atom. The van der Waals surface area contributed by atoms with Gasteiger partial charge in [-0.05, 0) is 32.3 Å². The Balaban J connectivity index is 0.00000288. The van der Waals surface area contributed by atoms with Gasteiger partial charge in [0.05, 0.1) is 13.2 Å². The van der Waals surface area contributed by atoms with Crippen LogP contribution >= 0.6 is 24.0 Å². The number of guanidine groups is 1. The molecule has 136 valence electrons. The number of hydrogen-bond acceptors (Lipinski definition) is 3. The first-order valence-corrected chi connectivity index (χ1v) is 8.95. The fraction of sp³-hybridized carbons (Fsp3) is 0.667. The molecule has 1 aromatic heterocycles. The van der Waals surface area contributed by atoms with E-state index in [1.807, 2.05) is 12.1 Å². The highest BCUT2D eigenvalue weighted by Crippen LogP contribution is 2.18. The Kier molecular flexibility index (Phi) is 10.8. The molecule has 0 unspecified atom stereocenters. The standard InChI is InChI=1S/C18H30N4O.HI/c1-3-5-13-23-17-15(9-8-12-20-17)14-21-18(19-4-2)22-16-10-6-7-11-16;/h8-9,12,16H,3-7,10-11,13-14H2,1-2H3,(H2,19,21,22);1H. The quantitative estimate of drug-likeness (QED) is 0.276. The molecule has 24 heavy (non-hydrogen) atoms. The van der Waals surface area contributed by atoms with Crippen molar-refractivity contribution in [2.24, 2.45) is 4.99 Å². The third-order valence-corrected chi connectivity index (χ3v) is 4.03. The van der Waals surface area contributed by atoms with Crippen molar-refractivity contribution in [2.75, 3.05) is 13.2 Å². The number of halogens is 1. The molecule has 0 atom stereocenters. The Labute approximate surface area is 163 Å². The predicted molar refractivity (Wildman–Crippen MR) is 110 cm³/mol. The Morgan fingerprint density at radius 2 is 2.12 bits per heavy atom. The molecule has 5 nitrogen and oxygen atoms in total. The molecule has 1 aliphatic carbocycles. The molecule has 0 amide bonds. The third kappa shape index (κ3) is 7.23. The maximum atomic E-state index is 5.78. The predicted octanol–water partition coefficient (Wildman–Crippen LogP) is 3.88. The first kappa shape index (κ1) is 21.0. The van der Waals surface area contributed by atoms with Crippen molar-refractivity contribution in [2.45, 2.75) is 65.0 Å². The van der Waals surface area contributed by atoms with Gasteiger partial charge in [0, 0.05) is 24.3 Å². The van der Waals surface area contributed by atoms with E-state index >= 15 is 0 Å². The van der Waals surface area contributed by atoms with E-state index in [2.05, 4.69) is 29.5 Å². The molecule has 0 bridgehead atoms. The number of ether oxygens (including phenoxy) is 1. The minimum Gasteiger partial charge on any atom is -0.477 e. The molecular weight excluding hydrogens is 415 g/mol. The molecule has 1 aliphatic rings. The van der Waals surface area contributed by atoms with Gasteiger partial charge < -0.3 is 15.4 Å². The van der Waals surface area contributed by atoms with Gasteiger partial charge in [-0.25, -0.2) is 9.98 Å². The summed E-state index contributed by atoms with van der Waals surface area (Å²) < 4.78 is 5.78. The van der Waals surface area contributed by atoms with Crippen LogP contribution in [0.2, 0.25) is 0 Å². The number of nitrogens with zero attached hydrogens (tertiary/aromatic N) is 2. The van der Waals surface area contributed by atoms with E-state index in [4.69, 9.17) is 9.73 Å². The molecule has 0 aromatic carbocycles. The molecule has 1 heterocycles. The van der Waals surface area contributed by atoms with Gasteiger partial charge in [0.1, 0.15) is 0 Å². The smallest absolute Gasteiger partial charge is 0.218 e. The van der Waals surface area contributed by atoms with E-state index in [0.29, 0.717) is 25.1 Å². The van der Waals surface area contributed by atoms with Crippen molar-refractivity contribution in [3.8, 4) is 5.88 Å². The van der Waals surface area contributed by atoms with Crippen molar-refractivity contribution in [1.82, 2.24) is 15.6 Å². The lowest BCUT2D eigenvalue weighted by Crippen LogP contribution is -2.42. The molecule has 2 rings (SSSR count). The van der Waals surface area contributed by atoms with Crippen molar-refractivity contribution < 1.29 is 4.74 Å². The first-order valence-electron chi connectivity index (χ1n) is 8.95. The summed E-state index contributed by atoms with van der Waals surface area (Å²) in [4.78, 5) is 9.06. The summed E-state index contributed by atoms with van der Waals surface area (Å²) in [5.74, 6) is 1.60. The number of hydrogen-bond donors (Lipinski definition) is 2. The van der Waals surface area contributed by atoms with Crippen LogP contribution in [-0.2, 0) is 6.54 Å². The Bertz CT molecular complexity index is 490. The lowest BCUT2D eigenvalue weighted by molar-refractivity contribution is 0.294. The second kappa shape index (κ2) is 12.3. The Morgan fingerprint density at radius 3 is 2.83 bits per heavy atom. The van der Waals surface area contributed by atoms with Crippen LogP contribution in [0.15, 0.2) is 23.3 Å². The molecule has 0 saturated heterocycles. The molecule has 0 radical (unpaired) electrons. The van der Waals surface area contributed by atoms with Crippen LogP contribution < -0.4 is 15.4 Å². The number of aliphatic imine (C=N–C) groups is 1. The van der Waals surface area contributed by atoms with Gasteiger partial charge in [-0.2, -0.15) is 0 Å². The van der Waals surface area contributed by atoms with Crippen molar-refractivity contribution in [3.63, 3.8) is 0 Å². The van der Waals surface area contributed by atoms with Crippen LogP contribution in [0.3, 0.4) is 0 Å². The number of nitrogens with one attached hydrogen (secondary N) is 2. The van der Waals surface area contributed by atoms with Crippen LogP contribution in [0.5, 0.6) is 5.88 Å². The lowest BCUT2D eigenvalue weighted by atomic mass is 10.2. The minimum atomic E-state index is 0. The summed E-state index contributed by atoms with van der Waals surface area (Å²) in [7, 11) is 0. The van der Waals surface area contributed by atoms with Gasteiger partial charge in [-0.15, -0.1) is 24.0 Å². The average molecular weight is 446 g/mol. The van der Waals surface area contributed by atoms with Crippen LogP contribution in [0.25, 0.3) is 0 Å². The van der Waals surface area contributed by atoms with E-state index in [0.717, 1.165) is 30.9 Å². The van der Waals surface area contributed by atoms with Gasteiger partial charge >= 0.3 is 0 Å². The monoisotopic (exact) mass is 446 g/mol. The number of pyridine rings is 1. The van der Waals surface area contributed by atoms with Gasteiger partial charge in [-0.1, -0.05) is 32.3 Å². The van der Waals surface area contributed by atoms with Crippen LogP contribution in [-0.4, -0.2) is 30.1 Å².